The van der Waals surface area contributed by atoms with Gasteiger partial charge in [0.15, 0.2) is 5.16 Å². The first-order chi connectivity index (χ1) is 15.0. The van der Waals surface area contributed by atoms with E-state index in [0.29, 0.717) is 33.2 Å². The molecule has 0 saturated heterocycles. The molecule has 158 valence electrons. The summed E-state index contributed by atoms with van der Waals surface area (Å²) in [4.78, 5) is 34.7. The molecule has 31 heavy (non-hydrogen) atoms. The summed E-state index contributed by atoms with van der Waals surface area (Å²) in [5.74, 6) is -0.830. The van der Waals surface area contributed by atoms with E-state index in [1.165, 1.54) is 35.6 Å². The van der Waals surface area contributed by atoms with Crippen LogP contribution in [0.3, 0.4) is 0 Å². The van der Waals surface area contributed by atoms with Gasteiger partial charge in [-0.3, -0.25) is 9.59 Å². The molecule has 0 aliphatic carbocycles. The first-order valence-corrected chi connectivity index (χ1v) is 11.3. The highest BCUT2D eigenvalue weighted by atomic mass is 32.2. The van der Waals surface area contributed by atoms with E-state index in [2.05, 4.69) is 9.97 Å². The van der Waals surface area contributed by atoms with Crippen LogP contribution in [0.5, 0.6) is 0 Å². The zero-order valence-corrected chi connectivity index (χ0v) is 18.0. The number of hydrogen-bond acceptors (Lipinski definition) is 5. The van der Waals surface area contributed by atoms with E-state index in [9.17, 15) is 18.4 Å². The van der Waals surface area contributed by atoms with Crippen molar-refractivity contribution in [2.24, 2.45) is 0 Å². The lowest BCUT2D eigenvalue weighted by atomic mass is 10.1. The Morgan fingerprint density at radius 1 is 1.10 bits per heavy atom. The lowest BCUT2D eigenvalue weighted by Crippen LogP contribution is -2.32. The Bertz CT molecular complexity index is 1290. The number of rotatable bonds is 6. The number of aromatic nitrogens is 2. The second kappa shape index (κ2) is 8.99. The van der Waals surface area contributed by atoms with Crippen molar-refractivity contribution in [1.29, 1.82) is 0 Å². The highest BCUT2D eigenvalue weighted by molar-refractivity contribution is 7.99. The van der Waals surface area contributed by atoms with E-state index in [0.717, 1.165) is 17.3 Å². The molecule has 0 atom stereocenters. The number of aromatic amines is 1. The molecule has 5 nitrogen and oxygen atoms in total. The SMILES string of the molecule is CCN(C(=O)CSc1nc2scc(-c3ccc(F)cc3)c2c(=O)[nH]1)c1ccc(F)cc1. The molecule has 0 radical (unpaired) electrons. The van der Waals surface area contributed by atoms with E-state index in [1.54, 1.807) is 29.2 Å². The number of amides is 1. The van der Waals surface area contributed by atoms with Crippen LogP contribution >= 0.6 is 23.1 Å². The number of carbonyl (C=O) groups excluding carboxylic acids is 1. The Balaban J connectivity index is 1.54. The number of fused-ring (bicyclic) bond motifs is 1. The fraction of sp³-hybridized carbons (Fsp3) is 0.136. The molecular weight excluding hydrogens is 440 g/mol. The first-order valence-electron chi connectivity index (χ1n) is 9.42. The molecule has 4 aromatic rings. The molecule has 1 amide bonds. The maximum absolute atomic E-state index is 13.2. The number of anilines is 1. The molecule has 2 aromatic carbocycles. The smallest absolute Gasteiger partial charge is 0.260 e. The molecule has 0 saturated carbocycles. The summed E-state index contributed by atoms with van der Waals surface area (Å²) in [7, 11) is 0. The van der Waals surface area contributed by atoms with Crippen LogP contribution in [-0.2, 0) is 4.79 Å². The van der Waals surface area contributed by atoms with Gasteiger partial charge in [-0.1, -0.05) is 23.9 Å². The number of carbonyl (C=O) groups is 1. The van der Waals surface area contributed by atoms with E-state index >= 15 is 0 Å². The summed E-state index contributed by atoms with van der Waals surface area (Å²) in [5, 5.41) is 2.59. The van der Waals surface area contributed by atoms with Gasteiger partial charge in [0.1, 0.15) is 16.5 Å². The Morgan fingerprint density at radius 3 is 2.39 bits per heavy atom. The van der Waals surface area contributed by atoms with E-state index in [4.69, 9.17) is 0 Å². The maximum Gasteiger partial charge on any atom is 0.260 e. The second-order valence-corrected chi connectivity index (χ2v) is 8.43. The molecule has 1 N–H and O–H groups in total. The predicted octanol–water partition coefficient (Wildman–Crippen LogP) is 5.08. The quantitative estimate of drug-likeness (QED) is 0.324. The second-order valence-electron chi connectivity index (χ2n) is 6.61. The molecular formula is C22H17F2N3O2S2. The minimum Gasteiger partial charge on any atom is -0.312 e. The van der Waals surface area contributed by atoms with Crippen LogP contribution in [0.1, 0.15) is 6.92 Å². The van der Waals surface area contributed by atoms with Gasteiger partial charge in [-0.2, -0.15) is 0 Å². The normalized spacial score (nSPS) is 11.1. The Morgan fingerprint density at radius 2 is 1.74 bits per heavy atom. The van der Waals surface area contributed by atoms with Crippen molar-refractivity contribution >= 4 is 44.9 Å². The van der Waals surface area contributed by atoms with Crippen molar-refractivity contribution in [3.63, 3.8) is 0 Å². The molecule has 0 aliphatic heterocycles. The minimum absolute atomic E-state index is 0.0653. The van der Waals surface area contributed by atoms with Gasteiger partial charge in [0.2, 0.25) is 5.91 Å². The average Bonchev–Trinajstić information content (AvgIpc) is 3.19. The number of halogens is 2. The zero-order valence-electron chi connectivity index (χ0n) is 16.4. The van der Waals surface area contributed by atoms with Crippen LogP contribution in [0.4, 0.5) is 14.5 Å². The van der Waals surface area contributed by atoms with Crippen molar-refractivity contribution < 1.29 is 13.6 Å². The summed E-state index contributed by atoms with van der Waals surface area (Å²) < 4.78 is 26.4. The molecule has 0 aliphatic rings. The van der Waals surface area contributed by atoms with Crippen LogP contribution in [0.2, 0.25) is 0 Å². The van der Waals surface area contributed by atoms with E-state index in [-0.39, 0.29) is 28.9 Å². The third kappa shape index (κ3) is 4.52. The van der Waals surface area contributed by atoms with Crippen molar-refractivity contribution in [1.82, 2.24) is 9.97 Å². The van der Waals surface area contributed by atoms with Crippen LogP contribution in [0, 0.1) is 11.6 Å². The number of hydrogen-bond donors (Lipinski definition) is 1. The highest BCUT2D eigenvalue weighted by Gasteiger charge is 2.17. The van der Waals surface area contributed by atoms with Crippen molar-refractivity contribution in [2.75, 3.05) is 17.2 Å². The topological polar surface area (TPSA) is 66.1 Å². The van der Waals surface area contributed by atoms with Gasteiger partial charge in [0, 0.05) is 23.2 Å². The summed E-state index contributed by atoms with van der Waals surface area (Å²) in [6.07, 6.45) is 0. The number of thiophene rings is 1. The predicted molar refractivity (Wildman–Crippen MR) is 121 cm³/mol. The standard InChI is InChI=1S/C22H17F2N3O2S2/c1-2-27(16-9-7-15(24)8-10-16)18(28)12-31-22-25-20(29)19-17(11-30-21(19)26-22)13-3-5-14(23)6-4-13/h3-11H,2,12H2,1H3,(H,25,26,29). The molecule has 9 heteroatoms. The van der Waals surface area contributed by atoms with Gasteiger partial charge < -0.3 is 9.88 Å². The third-order valence-electron chi connectivity index (χ3n) is 4.67. The highest BCUT2D eigenvalue weighted by Crippen LogP contribution is 2.31. The van der Waals surface area contributed by atoms with E-state index < -0.39 is 0 Å². The molecule has 2 heterocycles. The lowest BCUT2D eigenvalue weighted by Gasteiger charge is -2.20. The summed E-state index contributed by atoms with van der Waals surface area (Å²) in [6.45, 7) is 2.26. The summed E-state index contributed by atoms with van der Waals surface area (Å²) >= 11 is 2.45. The van der Waals surface area contributed by atoms with E-state index in [1.807, 2.05) is 12.3 Å². The average molecular weight is 458 g/mol. The van der Waals surface area contributed by atoms with Crippen molar-refractivity contribution in [3.05, 3.63) is 75.9 Å². The molecule has 2 aromatic heterocycles. The van der Waals surface area contributed by atoms with Gasteiger partial charge in [-0.25, -0.2) is 13.8 Å². The van der Waals surface area contributed by atoms with Gasteiger partial charge >= 0.3 is 0 Å². The fourth-order valence-electron chi connectivity index (χ4n) is 3.17. The lowest BCUT2D eigenvalue weighted by molar-refractivity contribution is -0.116. The van der Waals surface area contributed by atoms with Gasteiger partial charge in [0.05, 0.1) is 11.1 Å². The van der Waals surface area contributed by atoms with Gasteiger partial charge in [0.25, 0.3) is 5.56 Å². The Kier molecular flexibility index (Phi) is 6.15. The maximum atomic E-state index is 13.2. The Labute approximate surface area is 184 Å². The molecule has 0 spiro atoms. The third-order valence-corrected chi connectivity index (χ3v) is 6.40. The number of nitrogens with one attached hydrogen (secondary N) is 1. The fourth-order valence-corrected chi connectivity index (χ4v) is 4.91. The van der Waals surface area contributed by atoms with Crippen LogP contribution in [0.25, 0.3) is 21.3 Å². The number of H-pyrrole nitrogens is 1. The van der Waals surface area contributed by atoms with Crippen LogP contribution < -0.4 is 10.5 Å². The number of thioether (sulfide) groups is 1. The largest absolute Gasteiger partial charge is 0.312 e. The minimum atomic E-state index is -0.368. The van der Waals surface area contributed by atoms with Crippen molar-refractivity contribution in [2.45, 2.75) is 12.1 Å². The molecule has 0 bridgehead atoms. The van der Waals surface area contributed by atoms with Gasteiger partial charge in [-0.05, 0) is 48.9 Å². The van der Waals surface area contributed by atoms with Crippen LogP contribution in [0.15, 0.2) is 63.9 Å². The summed E-state index contributed by atoms with van der Waals surface area (Å²) in [5.41, 5.74) is 1.71. The Hall–Kier alpha value is -3.04. The molecule has 0 unspecified atom stereocenters. The first kappa shape index (κ1) is 21.2. The van der Waals surface area contributed by atoms with Crippen molar-refractivity contribution in [3.8, 4) is 11.1 Å². The molecule has 4 rings (SSSR count). The number of nitrogens with zero attached hydrogens (tertiary/aromatic N) is 2. The molecule has 0 fully saturated rings. The van der Waals surface area contributed by atoms with Gasteiger partial charge in [-0.15, -0.1) is 11.3 Å². The summed E-state index contributed by atoms with van der Waals surface area (Å²) in [6, 6.07) is 11.6. The zero-order chi connectivity index (χ0) is 22.0. The van der Waals surface area contributed by atoms with Crippen LogP contribution in [-0.4, -0.2) is 28.2 Å². The number of benzene rings is 2. The monoisotopic (exact) mass is 457 g/mol.